The van der Waals surface area contributed by atoms with Crippen LogP contribution in [0.25, 0.3) is 0 Å². The quantitative estimate of drug-likeness (QED) is 0.892. The number of nitrogens with one attached hydrogen (secondary N) is 1. The van der Waals surface area contributed by atoms with Crippen molar-refractivity contribution in [1.82, 2.24) is 10.2 Å². The number of aromatic hydroxyl groups is 1. The van der Waals surface area contributed by atoms with Crippen molar-refractivity contribution in [2.45, 2.75) is 19.4 Å². The summed E-state index contributed by atoms with van der Waals surface area (Å²) in [5.74, 6) is 0.310. The second kappa shape index (κ2) is 6.24. The Morgan fingerprint density at radius 2 is 2.11 bits per heavy atom. The van der Waals surface area contributed by atoms with E-state index in [1.54, 1.807) is 6.07 Å². The normalized spacial score (nSPS) is 18.8. The molecule has 0 spiro atoms. The molecule has 1 heterocycles. The zero-order chi connectivity index (χ0) is 13.1. The third kappa shape index (κ3) is 2.99. The molecule has 1 atom stereocenters. The van der Waals surface area contributed by atoms with Crippen molar-refractivity contribution in [1.29, 1.82) is 0 Å². The first-order valence-electron chi connectivity index (χ1n) is 6.26. The minimum absolute atomic E-state index is 0.224. The van der Waals surface area contributed by atoms with Gasteiger partial charge in [-0.05, 0) is 34.5 Å². The van der Waals surface area contributed by atoms with Crippen LogP contribution < -0.4 is 5.32 Å². The summed E-state index contributed by atoms with van der Waals surface area (Å²) in [4.78, 5) is 2.40. The molecule has 0 aliphatic carbocycles. The van der Waals surface area contributed by atoms with Crippen molar-refractivity contribution in [3.05, 3.63) is 27.2 Å². The Morgan fingerprint density at radius 1 is 1.44 bits per heavy atom. The smallest absolute Gasteiger partial charge is 0.134 e. The molecule has 0 aromatic heterocycles. The summed E-state index contributed by atoms with van der Waals surface area (Å²) in [6.45, 7) is 6.14. The zero-order valence-electron chi connectivity index (χ0n) is 10.4. The molecule has 100 valence electrons. The third-order valence-corrected chi connectivity index (χ3v) is 4.22. The van der Waals surface area contributed by atoms with Gasteiger partial charge in [0.1, 0.15) is 5.75 Å². The van der Waals surface area contributed by atoms with E-state index in [0.29, 0.717) is 15.2 Å². The van der Waals surface area contributed by atoms with Gasteiger partial charge >= 0.3 is 0 Å². The molecule has 0 unspecified atom stereocenters. The van der Waals surface area contributed by atoms with E-state index in [0.717, 1.165) is 38.2 Å². The number of rotatable bonds is 3. The number of piperazine rings is 1. The number of phenolic OH excluding ortho intramolecular Hbond substituents is 1. The summed E-state index contributed by atoms with van der Waals surface area (Å²) in [5.41, 5.74) is 0.916. The van der Waals surface area contributed by atoms with Crippen molar-refractivity contribution in [3.63, 3.8) is 0 Å². The summed E-state index contributed by atoms with van der Waals surface area (Å²) in [6, 6.07) is 3.82. The highest BCUT2D eigenvalue weighted by atomic mass is 79.9. The zero-order valence-corrected chi connectivity index (χ0v) is 12.8. The predicted octanol–water partition coefficient (Wildman–Crippen LogP) is 3.16. The van der Waals surface area contributed by atoms with E-state index in [1.807, 2.05) is 6.07 Å². The fraction of sp³-hybridized carbons (Fsp3) is 0.538. The first-order chi connectivity index (χ1) is 8.63. The Bertz CT molecular complexity index is 422. The number of hydrogen-bond donors (Lipinski definition) is 2. The largest absolute Gasteiger partial charge is 0.506 e. The van der Waals surface area contributed by atoms with Crippen molar-refractivity contribution in [2.24, 2.45) is 0 Å². The lowest BCUT2D eigenvalue weighted by Gasteiger charge is -2.35. The number of halogens is 2. The second-order valence-corrected chi connectivity index (χ2v) is 5.83. The van der Waals surface area contributed by atoms with Crippen LogP contribution in [-0.2, 0) is 0 Å². The van der Waals surface area contributed by atoms with Gasteiger partial charge in [0.25, 0.3) is 0 Å². The summed E-state index contributed by atoms with van der Waals surface area (Å²) in [6.07, 6.45) is 0.959. The Kier molecular flexibility index (Phi) is 4.90. The van der Waals surface area contributed by atoms with Gasteiger partial charge in [-0.15, -0.1) is 0 Å². The Hall–Kier alpha value is -0.290. The molecule has 2 rings (SSSR count). The Morgan fingerprint density at radius 3 is 2.72 bits per heavy atom. The molecule has 0 radical (unpaired) electrons. The molecule has 1 saturated heterocycles. The van der Waals surface area contributed by atoms with Gasteiger partial charge in [-0.3, -0.25) is 4.90 Å². The number of phenols is 1. The molecule has 18 heavy (non-hydrogen) atoms. The van der Waals surface area contributed by atoms with Crippen LogP contribution in [0.2, 0.25) is 5.02 Å². The first kappa shape index (κ1) is 14.1. The van der Waals surface area contributed by atoms with Gasteiger partial charge in [0, 0.05) is 42.8 Å². The monoisotopic (exact) mass is 332 g/mol. The van der Waals surface area contributed by atoms with Gasteiger partial charge < -0.3 is 10.4 Å². The Balaban J connectivity index is 2.31. The average molecular weight is 334 g/mol. The van der Waals surface area contributed by atoms with Crippen LogP contribution in [0.3, 0.4) is 0 Å². The Labute approximate surface area is 121 Å². The van der Waals surface area contributed by atoms with Gasteiger partial charge in [-0.2, -0.15) is 0 Å². The minimum Gasteiger partial charge on any atom is -0.506 e. The van der Waals surface area contributed by atoms with Crippen molar-refractivity contribution >= 4 is 27.5 Å². The van der Waals surface area contributed by atoms with E-state index in [2.05, 4.69) is 33.1 Å². The van der Waals surface area contributed by atoms with E-state index in [1.165, 1.54) is 0 Å². The van der Waals surface area contributed by atoms with E-state index >= 15 is 0 Å². The lowest BCUT2D eigenvalue weighted by atomic mass is 10.0. The lowest BCUT2D eigenvalue weighted by molar-refractivity contribution is 0.167. The molecular formula is C13H18BrClN2O. The number of nitrogens with zero attached hydrogens (tertiary/aromatic N) is 1. The van der Waals surface area contributed by atoms with Gasteiger partial charge in [0.05, 0.1) is 4.47 Å². The molecule has 1 aromatic rings. The molecule has 0 bridgehead atoms. The topological polar surface area (TPSA) is 35.5 Å². The number of benzene rings is 1. The van der Waals surface area contributed by atoms with Crippen LogP contribution in [0.4, 0.5) is 0 Å². The first-order valence-corrected chi connectivity index (χ1v) is 7.43. The maximum Gasteiger partial charge on any atom is 0.134 e. The van der Waals surface area contributed by atoms with Crippen molar-refractivity contribution < 1.29 is 5.11 Å². The summed E-state index contributed by atoms with van der Waals surface area (Å²) in [7, 11) is 0. The van der Waals surface area contributed by atoms with Crippen molar-refractivity contribution in [2.75, 3.05) is 26.2 Å². The lowest BCUT2D eigenvalue weighted by Crippen LogP contribution is -2.45. The molecule has 3 nitrogen and oxygen atoms in total. The molecule has 1 aliphatic heterocycles. The molecule has 1 aromatic carbocycles. The number of hydrogen-bond acceptors (Lipinski definition) is 3. The SMILES string of the molecule is CC[C@@H](c1cc(Cl)cc(Br)c1O)N1CCNCC1. The van der Waals surface area contributed by atoms with Crippen LogP contribution >= 0.6 is 27.5 Å². The van der Waals surface area contributed by atoms with Crippen LogP contribution in [0, 0.1) is 0 Å². The second-order valence-electron chi connectivity index (χ2n) is 4.54. The summed E-state index contributed by atoms with van der Waals surface area (Å²) < 4.78 is 0.665. The van der Waals surface area contributed by atoms with E-state index in [-0.39, 0.29) is 6.04 Å². The molecule has 0 amide bonds. The van der Waals surface area contributed by atoms with Gasteiger partial charge in [0.2, 0.25) is 0 Å². The summed E-state index contributed by atoms with van der Waals surface area (Å²) >= 11 is 9.44. The van der Waals surface area contributed by atoms with E-state index < -0.39 is 0 Å². The average Bonchev–Trinajstić information content (AvgIpc) is 2.37. The minimum atomic E-state index is 0.224. The maximum atomic E-state index is 10.2. The van der Waals surface area contributed by atoms with Gasteiger partial charge in [-0.25, -0.2) is 0 Å². The third-order valence-electron chi connectivity index (χ3n) is 3.40. The maximum absolute atomic E-state index is 10.2. The highest BCUT2D eigenvalue weighted by molar-refractivity contribution is 9.10. The van der Waals surface area contributed by atoms with Crippen LogP contribution in [0.1, 0.15) is 24.9 Å². The molecule has 1 fully saturated rings. The standard InChI is InChI=1S/C13H18BrClN2O/c1-2-12(17-5-3-16-4-6-17)10-7-9(15)8-11(14)13(10)18/h7-8,12,16,18H,2-6H2,1H3/t12-/m0/s1. The van der Waals surface area contributed by atoms with Crippen LogP contribution in [0.5, 0.6) is 5.75 Å². The van der Waals surface area contributed by atoms with Gasteiger partial charge in [-0.1, -0.05) is 18.5 Å². The molecule has 1 aliphatic rings. The van der Waals surface area contributed by atoms with Crippen LogP contribution in [0.15, 0.2) is 16.6 Å². The molecular weight excluding hydrogens is 316 g/mol. The fourth-order valence-electron chi connectivity index (χ4n) is 2.51. The van der Waals surface area contributed by atoms with Crippen molar-refractivity contribution in [3.8, 4) is 5.75 Å². The predicted molar refractivity (Wildman–Crippen MR) is 78.3 cm³/mol. The summed E-state index contributed by atoms with van der Waals surface area (Å²) in [5, 5.41) is 14.2. The highest BCUT2D eigenvalue weighted by Gasteiger charge is 2.24. The van der Waals surface area contributed by atoms with E-state index in [9.17, 15) is 5.11 Å². The highest BCUT2D eigenvalue weighted by Crippen LogP contribution is 2.38. The fourth-order valence-corrected chi connectivity index (χ4v) is 3.34. The molecule has 2 N–H and O–H groups in total. The van der Waals surface area contributed by atoms with Gasteiger partial charge in [0.15, 0.2) is 0 Å². The van der Waals surface area contributed by atoms with E-state index in [4.69, 9.17) is 11.6 Å². The molecule has 0 saturated carbocycles. The molecule has 5 heteroatoms. The van der Waals surface area contributed by atoms with Crippen LogP contribution in [-0.4, -0.2) is 36.2 Å².